The molecule has 5 rings (SSSR count). The van der Waals surface area contributed by atoms with Crippen LogP contribution in [0, 0.1) is 0 Å². The summed E-state index contributed by atoms with van der Waals surface area (Å²) in [6.45, 7) is 3.23. The number of hydrogen-bond acceptors (Lipinski definition) is 6. The van der Waals surface area contributed by atoms with Crippen molar-refractivity contribution in [2.24, 2.45) is 0 Å². The number of hydrogen-bond donors (Lipinski definition) is 1. The Morgan fingerprint density at radius 1 is 1.22 bits per heavy atom. The third-order valence-electron chi connectivity index (χ3n) is 5.60. The number of nitrogens with zero attached hydrogens (tertiary/aromatic N) is 4. The molecule has 2 amide bonds. The van der Waals surface area contributed by atoms with Crippen molar-refractivity contribution >= 4 is 29.0 Å². The van der Waals surface area contributed by atoms with E-state index in [0.29, 0.717) is 30.8 Å². The maximum atomic E-state index is 13.1. The van der Waals surface area contributed by atoms with Crippen LogP contribution in [0.1, 0.15) is 40.6 Å². The lowest BCUT2D eigenvalue weighted by molar-refractivity contribution is -0.139. The van der Waals surface area contributed by atoms with E-state index in [-0.39, 0.29) is 23.9 Å². The van der Waals surface area contributed by atoms with Crippen LogP contribution in [0.3, 0.4) is 0 Å². The molecule has 7 nitrogen and oxygen atoms in total. The van der Waals surface area contributed by atoms with E-state index in [1.807, 2.05) is 28.0 Å². The van der Waals surface area contributed by atoms with E-state index in [1.165, 1.54) is 11.5 Å². The topological polar surface area (TPSA) is 92.4 Å². The lowest BCUT2D eigenvalue weighted by Gasteiger charge is -2.51. The highest BCUT2D eigenvalue weighted by Gasteiger charge is 2.43. The number of carbonyl (C=O) groups is 2. The first kappa shape index (κ1) is 17.9. The average Bonchev–Trinajstić information content (AvgIpc) is 3.21. The van der Waals surface area contributed by atoms with E-state index >= 15 is 0 Å². The molecule has 8 heteroatoms. The van der Waals surface area contributed by atoms with Crippen LogP contribution in [-0.2, 0) is 17.6 Å². The third-order valence-corrected chi connectivity index (χ3v) is 6.26. The van der Waals surface area contributed by atoms with Crippen molar-refractivity contribution in [1.29, 1.82) is 0 Å². The van der Waals surface area contributed by atoms with Crippen LogP contribution in [0.15, 0.2) is 24.4 Å². The van der Waals surface area contributed by atoms with Crippen LogP contribution in [0.25, 0.3) is 0 Å². The van der Waals surface area contributed by atoms with Gasteiger partial charge in [0.05, 0.1) is 23.1 Å². The number of aryl methyl sites for hydroxylation is 1. The van der Waals surface area contributed by atoms with Gasteiger partial charge in [-0.05, 0) is 48.5 Å². The number of fused-ring (bicyclic) bond motifs is 3. The third kappa shape index (κ3) is 3.41. The standard InChI is InChI=1S/C19H23N5O2S/c1-2-12-3-6-17(20)16(7-12)19(26)24-11-13-4-5-14(24)10-23(13)18(25)8-15-9-21-22-27-15/h3,6-7,9,13-14H,2,4-5,8,10-11,20H2,1H3. The molecule has 2 N–H and O–H groups in total. The summed E-state index contributed by atoms with van der Waals surface area (Å²) < 4.78 is 3.82. The Kier molecular flexibility index (Phi) is 4.82. The summed E-state index contributed by atoms with van der Waals surface area (Å²) in [5.74, 6) is 0.0756. The maximum Gasteiger partial charge on any atom is 0.256 e. The Bertz CT molecular complexity index is 854. The van der Waals surface area contributed by atoms with Crippen molar-refractivity contribution in [3.8, 4) is 0 Å². The van der Waals surface area contributed by atoms with Gasteiger partial charge >= 0.3 is 0 Å². The molecule has 0 radical (unpaired) electrons. The number of aromatic nitrogens is 2. The number of nitrogen functional groups attached to an aromatic ring is 1. The molecule has 3 fully saturated rings. The summed E-state index contributed by atoms with van der Waals surface area (Å²) in [6.07, 6.45) is 4.70. The van der Waals surface area contributed by atoms with Crippen molar-refractivity contribution in [2.45, 2.75) is 44.7 Å². The van der Waals surface area contributed by atoms with Crippen molar-refractivity contribution in [2.75, 3.05) is 18.8 Å². The molecule has 2 bridgehead atoms. The molecule has 1 aromatic carbocycles. The van der Waals surface area contributed by atoms with E-state index in [1.54, 1.807) is 6.20 Å². The SMILES string of the molecule is CCc1ccc(N)c(C(=O)N2CC3CCC2CN3C(=O)Cc2cnns2)c1. The molecule has 27 heavy (non-hydrogen) atoms. The van der Waals surface area contributed by atoms with Gasteiger partial charge in [0.2, 0.25) is 5.91 Å². The van der Waals surface area contributed by atoms with Crippen LogP contribution < -0.4 is 5.73 Å². The van der Waals surface area contributed by atoms with Gasteiger partial charge in [-0.1, -0.05) is 17.5 Å². The molecule has 3 aliphatic rings. The van der Waals surface area contributed by atoms with Crippen molar-refractivity contribution in [1.82, 2.24) is 19.4 Å². The van der Waals surface area contributed by atoms with Gasteiger partial charge < -0.3 is 15.5 Å². The smallest absolute Gasteiger partial charge is 0.256 e. The van der Waals surface area contributed by atoms with Crippen LogP contribution in [-0.4, -0.2) is 56.4 Å². The van der Waals surface area contributed by atoms with Crippen molar-refractivity contribution in [3.05, 3.63) is 40.4 Å². The zero-order chi connectivity index (χ0) is 19.0. The number of amides is 2. The largest absolute Gasteiger partial charge is 0.398 e. The highest BCUT2D eigenvalue weighted by Crippen LogP contribution is 2.31. The Balaban J connectivity index is 1.49. The first-order valence-electron chi connectivity index (χ1n) is 9.32. The Hall–Kier alpha value is -2.48. The van der Waals surface area contributed by atoms with Gasteiger partial charge in [0.1, 0.15) is 0 Å². The van der Waals surface area contributed by atoms with Gasteiger partial charge in [-0.2, -0.15) is 0 Å². The normalized spacial score (nSPS) is 21.5. The average molecular weight is 385 g/mol. The molecule has 0 saturated carbocycles. The fraction of sp³-hybridized carbons (Fsp3) is 0.474. The second kappa shape index (κ2) is 7.26. The summed E-state index contributed by atoms with van der Waals surface area (Å²) in [5.41, 5.74) is 8.28. The first-order chi connectivity index (χ1) is 13.1. The molecule has 3 aliphatic heterocycles. The predicted molar refractivity (Wildman–Crippen MR) is 103 cm³/mol. The van der Waals surface area contributed by atoms with Gasteiger partial charge in [0.25, 0.3) is 5.91 Å². The fourth-order valence-electron chi connectivity index (χ4n) is 4.06. The number of piperidine rings is 2. The molecule has 3 saturated heterocycles. The van der Waals surface area contributed by atoms with Crippen molar-refractivity contribution < 1.29 is 9.59 Å². The molecular weight excluding hydrogens is 362 g/mol. The minimum Gasteiger partial charge on any atom is -0.398 e. The molecule has 2 unspecified atom stereocenters. The van der Waals surface area contributed by atoms with Gasteiger partial charge in [-0.3, -0.25) is 9.59 Å². The fourth-order valence-corrected chi connectivity index (χ4v) is 4.54. The highest BCUT2D eigenvalue weighted by atomic mass is 32.1. The number of anilines is 1. The van der Waals surface area contributed by atoms with E-state index in [4.69, 9.17) is 5.73 Å². The number of benzene rings is 1. The summed E-state index contributed by atoms with van der Waals surface area (Å²) in [4.78, 5) is 30.6. The highest BCUT2D eigenvalue weighted by molar-refractivity contribution is 7.05. The van der Waals surface area contributed by atoms with E-state index in [9.17, 15) is 9.59 Å². The first-order valence-corrected chi connectivity index (χ1v) is 10.1. The molecule has 0 aliphatic carbocycles. The Morgan fingerprint density at radius 3 is 2.59 bits per heavy atom. The molecule has 142 valence electrons. The second-order valence-electron chi connectivity index (χ2n) is 7.22. The summed E-state index contributed by atoms with van der Waals surface area (Å²) in [7, 11) is 0. The molecule has 2 atom stereocenters. The molecule has 0 spiro atoms. The summed E-state index contributed by atoms with van der Waals surface area (Å²) >= 11 is 1.26. The van der Waals surface area contributed by atoms with Crippen LogP contribution in [0.4, 0.5) is 5.69 Å². The minimum absolute atomic E-state index is 0.0174. The number of nitrogens with two attached hydrogens (primary N) is 1. The zero-order valence-corrected chi connectivity index (χ0v) is 16.1. The van der Waals surface area contributed by atoms with Crippen LogP contribution in [0.5, 0.6) is 0 Å². The summed E-state index contributed by atoms with van der Waals surface area (Å²) in [6, 6.07) is 5.80. The lowest BCUT2D eigenvalue weighted by atomic mass is 9.89. The second-order valence-corrected chi connectivity index (χ2v) is 8.09. The maximum absolute atomic E-state index is 13.1. The van der Waals surface area contributed by atoms with Crippen LogP contribution >= 0.6 is 11.5 Å². The zero-order valence-electron chi connectivity index (χ0n) is 15.3. The number of piperazine rings is 1. The Morgan fingerprint density at radius 2 is 1.96 bits per heavy atom. The molecule has 4 heterocycles. The van der Waals surface area contributed by atoms with Gasteiger partial charge in [-0.15, -0.1) is 5.10 Å². The summed E-state index contributed by atoms with van der Waals surface area (Å²) in [5, 5.41) is 3.79. The Labute approximate surface area is 162 Å². The van der Waals surface area contributed by atoms with E-state index in [0.717, 1.165) is 29.7 Å². The van der Waals surface area contributed by atoms with Crippen LogP contribution in [0.2, 0.25) is 0 Å². The van der Waals surface area contributed by atoms with Gasteiger partial charge in [0, 0.05) is 30.9 Å². The predicted octanol–water partition coefficient (Wildman–Crippen LogP) is 1.74. The van der Waals surface area contributed by atoms with E-state index < -0.39 is 0 Å². The number of carbonyl (C=O) groups excluding carboxylic acids is 2. The van der Waals surface area contributed by atoms with Gasteiger partial charge in [0.15, 0.2) is 0 Å². The van der Waals surface area contributed by atoms with E-state index in [2.05, 4.69) is 16.5 Å². The van der Waals surface area contributed by atoms with Crippen molar-refractivity contribution in [3.63, 3.8) is 0 Å². The molecule has 2 aromatic rings. The molecular formula is C19H23N5O2S. The monoisotopic (exact) mass is 385 g/mol. The van der Waals surface area contributed by atoms with Gasteiger partial charge in [-0.25, -0.2) is 0 Å². The quantitative estimate of drug-likeness (QED) is 0.810. The molecule has 1 aromatic heterocycles. The minimum atomic E-state index is -0.0174. The lowest BCUT2D eigenvalue weighted by Crippen LogP contribution is -2.65. The number of rotatable bonds is 4.